The van der Waals surface area contributed by atoms with Gasteiger partial charge in [-0.05, 0) is 36.8 Å². The number of Topliss-reactive ketones (excluding diaryl/α,β-unsaturated/α-hetero) is 1. The van der Waals surface area contributed by atoms with Crippen molar-refractivity contribution >= 4 is 45.0 Å². The molecule has 4 rings (SSSR count). The lowest BCUT2D eigenvalue weighted by atomic mass is 10.3. The maximum absolute atomic E-state index is 13.2. The molecule has 32 heavy (non-hydrogen) atoms. The van der Waals surface area contributed by atoms with Crippen LogP contribution in [0.5, 0.6) is 0 Å². The minimum Gasteiger partial charge on any atom is -0.467 e. The number of carbonyl (C=O) groups is 2. The zero-order valence-corrected chi connectivity index (χ0v) is 19.2. The predicted molar refractivity (Wildman–Crippen MR) is 122 cm³/mol. The summed E-state index contributed by atoms with van der Waals surface area (Å²) in [5, 5.41) is 3.64. The maximum Gasteiger partial charge on any atom is 0.263 e. The van der Waals surface area contributed by atoms with Crippen molar-refractivity contribution in [2.24, 2.45) is 0 Å². The number of thiophene rings is 1. The zero-order valence-electron chi connectivity index (χ0n) is 17.5. The number of carbonyl (C=O) groups excluding carboxylic acids is 2. The molecule has 1 amide bonds. The topological polar surface area (TPSA) is 107 Å². The molecule has 4 aromatic rings. The second kappa shape index (κ2) is 9.58. The SMILES string of the molecule is CCc1cc2c(=O)n(Cc3ccco3)c(SCC(=O)c3ccc(CNC(C)=O)o3)nc2s1. The fraction of sp³-hybridized carbons (Fsp3) is 0.273. The molecule has 0 radical (unpaired) electrons. The number of furan rings is 2. The summed E-state index contributed by atoms with van der Waals surface area (Å²) < 4.78 is 12.5. The standard InChI is InChI=1S/C22H21N3O5S2/c1-3-16-9-17-20(32-16)24-22(25(21(17)28)11-15-5-4-8-29-15)31-12-18(27)19-7-6-14(30-19)10-23-13(2)26/h4-9H,3,10-12H2,1-2H3,(H,23,26). The number of thioether (sulfide) groups is 1. The number of ketones is 1. The van der Waals surface area contributed by atoms with Crippen LogP contribution in [0.1, 0.15) is 40.8 Å². The largest absolute Gasteiger partial charge is 0.467 e. The minimum atomic E-state index is -0.233. The van der Waals surface area contributed by atoms with E-state index in [-0.39, 0.29) is 41.9 Å². The number of hydrogen-bond acceptors (Lipinski definition) is 8. The molecule has 8 nitrogen and oxygen atoms in total. The van der Waals surface area contributed by atoms with Crippen LogP contribution in [0.25, 0.3) is 10.2 Å². The van der Waals surface area contributed by atoms with E-state index in [9.17, 15) is 14.4 Å². The van der Waals surface area contributed by atoms with Gasteiger partial charge >= 0.3 is 0 Å². The zero-order chi connectivity index (χ0) is 22.7. The lowest BCUT2D eigenvalue weighted by Crippen LogP contribution is -2.23. The van der Waals surface area contributed by atoms with E-state index >= 15 is 0 Å². The van der Waals surface area contributed by atoms with Crippen LogP contribution in [-0.4, -0.2) is 27.0 Å². The number of aromatic nitrogens is 2. The lowest BCUT2D eigenvalue weighted by Gasteiger charge is -2.10. The third-order valence-electron chi connectivity index (χ3n) is 4.69. The molecule has 0 fully saturated rings. The van der Waals surface area contributed by atoms with Gasteiger partial charge in [-0.15, -0.1) is 11.3 Å². The first kappa shape index (κ1) is 22.1. The first-order valence-corrected chi connectivity index (χ1v) is 11.8. The minimum absolute atomic E-state index is 0.0508. The van der Waals surface area contributed by atoms with Crippen LogP contribution >= 0.6 is 23.1 Å². The molecule has 0 unspecified atom stereocenters. The first-order valence-electron chi connectivity index (χ1n) is 9.99. The van der Waals surface area contributed by atoms with Gasteiger partial charge in [-0.2, -0.15) is 0 Å². The summed E-state index contributed by atoms with van der Waals surface area (Å²) in [4.78, 5) is 43.3. The molecule has 10 heteroatoms. The molecular formula is C22H21N3O5S2. The highest BCUT2D eigenvalue weighted by molar-refractivity contribution is 7.99. The van der Waals surface area contributed by atoms with Gasteiger partial charge in [0.15, 0.2) is 10.9 Å². The molecule has 4 heterocycles. The van der Waals surface area contributed by atoms with Crippen molar-refractivity contribution in [1.29, 1.82) is 0 Å². The van der Waals surface area contributed by atoms with Crippen LogP contribution in [0.4, 0.5) is 0 Å². The summed E-state index contributed by atoms with van der Waals surface area (Å²) in [6.07, 6.45) is 2.37. The van der Waals surface area contributed by atoms with Gasteiger partial charge in [-0.25, -0.2) is 4.98 Å². The fourth-order valence-corrected chi connectivity index (χ4v) is 4.94. The van der Waals surface area contributed by atoms with Crippen molar-refractivity contribution in [3.05, 3.63) is 69.1 Å². The molecule has 0 aliphatic carbocycles. The van der Waals surface area contributed by atoms with E-state index in [1.54, 1.807) is 30.5 Å². The van der Waals surface area contributed by atoms with E-state index in [0.29, 0.717) is 26.9 Å². The van der Waals surface area contributed by atoms with E-state index in [0.717, 1.165) is 11.3 Å². The summed E-state index contributed by atoms with van der Waals surface area (Å²) >= 11 is 2.67. The molecule has 0 aliphatic rings. The van der Waals surface area contributed by atoms with Crippen LogP contribution in [0, 0.1) is 0 Å². The van der Waals surface area contributed by atoms with Gasteiger partial charge in [0.05, 0.1) is 30.5 Å². The average Bonchev–Trinajstić information content (AvgIpc) is 3.53. The molecule has 0 saturated carbocycles. The highest BCUT2D eigenvalue weighted by Gasteiger charge is 2.18. The molecule has 4 aromatic heterocycles. The molecule has 0 aromatic carbocycles. The van der Waals surface area contributed by atoms with Crippen molar-refractivity contribution < 1.29 is 18.4 Å². The Kier molecular flexibility index (Phi) is 6.61. The Morgan fingerprint density at radius 2 is 2.09 bits per heavy atom. The third kappa shape index (κ3) is 4.86. The number of amides is 1. The van der Waals surface area contributed by atoms with Gasteiger partial charge in [0.2, 0.25) is 11.7 Å². The Hall–Kier alpha value is -3.11. The van der Waals surface area contributed by atoms with Gasteiger partial charge in [0.1, 0.15) is 16.4 Å². The van der Waals surface area contributed by atoms with Crippen molar-refractivity contribution in [1.82, 2.24) is 14.9 Å². The molecule has 166 valence electrons. The summed E-state index contributed by atoms with van der Waals surface area (Å²) in [5.41, 5.74) is -0.159. The third-order valence-corrected chi connectivity index (χ3v) is 6.84. The number of rotatable bonds is 9. The Morgan fingerprint density at radius 1 is 1.25 bits per heavy atom. The lowest BCUT2D eigenvalue weighted by molar-refractivity contribution is -0.119. The monoisotopic (exact) mass is 471 g/mol. The number of fused-ring (bicyclic) bond motifs is 1. The van der Waals surface area contributed by atoms with Gasteiger partial charge in [-0.1, -0.05) is 18.7 Å². The number of aryl methyl sites for hydroxylation is 1. The summed E-state index contributed by atoms with van der Waals surface area (Å²) in [6, 6.07) is 8.67. The molecule has 0 spiro atoms. The first-order chi connectivity index (χ1) is 15.4. The average molecular weight is 472 g/mol. The Morgan fingerprint density at radius 3 is 2.81 bits per heavy atom. The highest BCUT2D eigenvalue weighted by atomic mass is 32.2. The molecule has 0 atom stereocenters. The Balaban J connectivity index is 1.58. The number of nitrogens with zero attached hydrogens (tertiary/aromatic N) is 2. The second-order valence-electron chi connectivity index (χ2n) is 7.04. The van der Waals surface area contributed by atoms with E-state index < -0.39 is 0 Å². The molecule has 0 aliphatic heterocycles. The van der Waals surface area contributed by atoms with E-state index in [1.807, 2.05) is 13.0 Å². The van der Waals surface area contributed by atoms with Crippen LogP contribution in [-0.2, 0) is 24.3 Å². The van der Waals surface area contributed by atoms with Crippen LogP contribution in [0.2, 0.25) is 0 Å². The van der Waals surface area contributed by atoms with Gasteiger partial charge in [0.25, 0.3) is 5.56 Å². The van der Waals surface area contributed by atoms with E-state index in [4.69, 9.17) is 8.83 Å². The van der Waals surface area contributed by atoms with Gasteiger partial charge in [-0.3, -0.25) is 19.0 Å². The van der Waals surface area contributed by atoms with Crippen molar-refractivity contribution in [3.8, 4) is 0 Å². The fourth-order valence-electron chi connectivity index (χ4n) is 3.06. The van der Waals surface area contributed by atoms with Crippen molar-refractivity contribution in [3.63, 3.8) is 0 Å². The van der Waals surface area contributed by atoms with E-state index in [1.165, 1.54) is 34.6 Å². The normalized spacial score (nSPS) is 11.2. The quantitative estimate of drug-likeness (QED) is 0.224. The smallest absolute Gasteiger partial charge is 0.263 e. The number of nitrogens with one attached hydrogen (secondary N) is 1. The molecule has 0 bridgehead atoms. The Bertz CT molecular complexity index is 1320. The summed E-state index contributed by atoms with van der Waals surface area (Å²) in [5.74, 6) is 0.955. The summed E-state index contributed by atoms with van der Waals surface area (Å²) in [6.45, 7) is 3.89. The second-order valence-corrected chi connectivity index (χ2v) is 9.10. The Labute approximate surface area is 191 Å². The predicted octanol–water partition coefficient (Wildman–Crippen LogP) is 3.87. The van der Waals surface area contributed by atoms with Crippen LogP contribution in [0.15, 0.2) is 55.4 Å². The van der Waals surface area contributed by atoms with E-state index in [2.05, 4.69) is 10.3 Å². The highest BCUT2D eigenvalue weighted by Crippen LogP contribution is 2.26. The van der Waals surface area contributed by atoms with Crippen LogP contribution in [0.3, 0.4) is 0 Å². The molecule has 0 saturated heterocycles. The van der Waals surface area contributed by atoms with Gasteiger partial charge in [0, 0.05) is 11.8 Å². The number of hydrogen-bond donors (Lipinski definition) is 1. The molecule has 1 N–H and O–H groups in total. The maximum atomic E-state index is 13.2. The van der Waals surface area contributed by atoms with Crippen molar-refractivity contribution in [2.75, 3.05) is 5.75 Å². The van der Waals surface area contributed by atoms with Crippen LogP contribution < -0.4 is 10.9 Å². The summed E-state index contributed by atoms with van der Waals surface area (Å²) in [7, 11) is 0. The van der Waals surface area contributed by atoms with Gasteiger partial charge < -0.3 is 14.2 Å². The molecular weight excluding hydrogens is 450 g/mol. The van der Waals surface area contributed by atoms with Crippen molar-refractivity contribution in [2.45, 2.75) is 38.5 Å².